The number of ether oxygens (including phenoxy) is 3. The molecule has 1 N–H and O–H groups in total. The summed E-state index contributed by atoms with van der Waals surface area (Å²) in [5, 5.41) is 11.0. The second kappa shape index (κ2) is 12.9. The molecule has 0 aliphatic carbocycles. The molecule has 0 spiro atoms. The Hall–Kier alpha value is -3.92. The van der Waals surface area contributed by atoms with Crippen molar-refractivity contribution in [1.29, 1.82) is 0 Å². The van der Waals surface area contributed by atoms with Crippen molar-refractivity contribution in [2.45, 2.75) is 58.3 Å². The lowest BCUT2D eigenvalue weighted by molar-refractivity contribution is 0.211. The Morgan fingerprint density at radius 3 is 1.30 bits per heavy atom. The topological polar surface area (TPSA) is 47.9 Å². The van der Waals surface area contributed by atoms with E-state index in [1.165, 1.54) is 0 Å². The summed E-state index contributed by atoms with van der Waals surface area (Å²) in [6.45, 7) is 6.18. The molecule has 3 unspecified atom stereocenters. The van der Waals surface area contributed by atoms with E-state index < -0.39 is 0 Å². The Kier molecular flexibility index (Phi) is 9.09. The third kappa shape index (κ3) is 7.78. The lowest BCUT2D eigenvalue weighted by atomic mass is 9.90. The molecule has 3 atom stereocenters. The van der Waals surface area contributed by atoms with Crippen LogP contribution in [0, 0.1) is 0 Å². The van der Waals surface area contributed by atoms with Crippen LogP contribution >= 0.6 is 0 Å². The third-order valence-corrected chi connectivity index (χ3v) is 6.24. The fourth-order valence-corrected chi connectivity index (χ4v) is 4.61. The maximum atomic E-state index is 11.0. The van der Waals surface area contributed by atoms with E-state index in [2.05, 4.69) is 13.8 Å². The van der Waals surface area contributed by atoms with Gasteiger partial charge in [-0.25, -0.2) is 0 Å². The highest BCUT2D eigenvalue weighted by atomic mass is 16.5. The average molecular weight is 497 g/mol. The predicted molar refractivity (Wildman–Crippen MR) is 149 cm³/mol. The van der Waals surface area contributed by atoms with E-state index in [-0.39, 0.29) is 24.1 Å². The highest BCUT2D eigenvalue weighted by Crippen LogP contribution is 2.30. The zero-order valence-corrected chi connectivity index (χ0v) is 21.8. The van der Waals surface area contributed by atoms with Crippen LogP contribution in [0.5, 0.6) is 23.0 Å². The number of hydrogen-bond donors (Lipinski definition) is 1. The van der Waals surface area contributed by atoms with E-state index in [0.717, 1.165) is 33.9 Å². The van der Waals surface area contributed by atoms with Gasteiger partial charge in [0, 0.05) is 24.8 Å². The van der Waals surface area contributed by atoms with E-state index >= 15 is 0 Å². The summed E-state index contributed by atoms with van der Waals surface area (Å²) in [6, 6.07) is 33.3. The molecule has 0 aromatic heterocycles. The fourth-order valence-electron chi connectivity index (χ4n) is 4.61. The minimum atomic E-state index is -0.120. The van der Waals surface area contributed by atoms with Gasteiger partial charge >= 0.3 is 0 Å². The van der Waals surface area contributed by atoms with Gasteiger partial charge in [-0.05, 0) is 74.4 Å². The SMILES string of the molecule is CC(Cc1ccc(O)c(CC(C)Oc2ccccc2)c1CC(C)Oc1ccccc1)Oc1ccccc1. The Morgan fingerprint density at radius 2 is 0.865 bits per heavy atom. The molecule has 0 saturated heterocycles. The maximum Gasteiger partial charge on any atom is 0.119 e. The van der Waals surface area contributed by atoms with Crippen LogP contribution in [-0.4, -0.2) is 23.4 Å². The number of hydrogen-bond acceptors (Lipinski definition) is 4. The van der Waals surface area contributed by atoms with Gasteiger partial charge in [0.25, 0.3) is 0 Å². The molecular formula is C33H36O4. The largest absolute Gasteiger partial charge is 0.508 e. The number of benzene rings is 4. The summed E-state index contributed by atoms with van der Waals surface area (Å²) in [4.78, 5) is 0. The molecule has 4 aromatic carbocycles. The number of para-hydroxylation sites is 3. The Labute approximate surface area is 220 Å². The molecule has 0 fully saturated rings. The van der Waals surface area contributed by atoms with E-state index in [4.69, 9.17) is 14.2 Å². The smallest absolute Gasteiger partial charge is 0.119 e. The van der Waals surface area contributed by atoms with Gasteiger partial charge in [-0.2, -0.15) is 0 Å². The highest BCUT2D eigenvalue weighted by molar-refractivity contribution is 5.46. The molecule has 0 heterocycles. The first-order chi connectivity index (χ1) is 18.0. The molecule has 4 nitrogen and oxygen atoms in total. The number of aromatic hydroxyl groups is 1. The van der Waals surface area contributed by atoms with Crippen LogP contribution in [0.3, 0.4) is 0 Å². The van der Waals surface area contributed by atoms with Crippen LogP contribution < -0.4 is 14.2 Å². The summed E-state index contributed by atoms with van der Waals surface area (Å²) in [5.74, 6) is 2.78. The predicted octanol–water partition coefficient (Wildman–Crippen LogP) is 7.42. The van der Waals surface area contributed by atoms with Crippen molar-refractivity contribution in [1.82, 2.24) is 0 Å². The van der Waals surface area contributed by atoms with Crippen molar-refractivity contribution in [3.05, 3.63) is 120 Å². The van der Waals surface area contributed by atoms with Gasteiger partial charge in [0.05, 0.1) is 12.2 Å². The summed E-state index contributed by atoms with van der Waals surface area (Å²) >= 11 is 0. The lowest BCUT2D eigenvalue weighted by Crippen LogP contribution is -2.23. The highest BCUT2D eigenvalue weighted by Gasteiger charge is 2.21. The van der Waals surface area contributed by atoms with Crippen molar-refractivity contribution in [2.24, 2.45) is 0 Å². The first kappa shape index (κ1) is 26.2. The minimum Gasteiger partial charge on any atom is -0.508 e. The minimum absolute atomic E-state index is 0.0399. The molecule has 4 aromatic rings. The van der Waals surface area contributed by atoms with E-state index in [0.29, 0.717) is 19.3 Å². The molecule has 0 saturated carbocycles. The summed E-state index contributed by atoms with van der Waals surface area (Å²) in [6.07, 6.45) is 1.70. The molecule has 0 bridgehead atoms. The number of phenolic OH excluding ortho intramolecular Hbond substituents is 1. The average Bonchev–Trinajstić information content (AvgIpc) is 2.89. The van der Waals surface area contributed by atoms with Crippen molar-refractivity contribution in [3.8, 4) is 23.0 Å². The van der Waals surface area contributed by atoms with Crippen LogP contribution in [0.4, 0.5) is 0 Å². The van der Waals surface area contributed by atoms with Crippen molar-refractivity contribution in [3.63, 3.8) is 0 Å². The van der Waals surface area contributed by atoms with Crippen LogP contribution in [0.1, 0.15) is 37.5 Å². The maximum absolute atomic E-state index is 11.0. The second-order valence-electron chi connectivity index (χ2n) is 9.54. The molecule has 37 heavy (non-hydrogen) atoms. The van der Waals surface area contributed by atoms with Crippen molar-refractivity contribution < 1.29 is 19.3 Å². The van der Waals surface area contributed by atoms with Crippen LogP contribution in [0.2, 0.25) is 0 Å². The third-order valence-electron chi connectivity index (χ3n) is 6.24. The fraction of sp³-hybridized carbons (Fsp3) is 0.273. The first-order valence-corrected chi connectivity index (χ1v) is 13.0. The van der Waals surface area contributed by atoms with E-state index in [9.17, 15) is 5.11 Å². The summed E-state index contributed by atoms with van der Waals surface area (Å²) in [7, 11) is 0. The zero-order valence-electron chi connectivity index (χ0n) is 21.8. The van der Waals surface area contributed by atoms with Gasteiger partial charge in [0.15, 0.2) is 0 Å². The van der Waals surface area contributed by atoms with Gasteiger partial charge in [-0.3, -0.25) is 0 Å². The molecule has 0 aliphatic heterocycles. The Bertz CT molecular complexity index is 1230. The van der Waals surface area contributed by atoms with Crippen molar-refractivity contribution in [2.75, 3.05) is 0 Å². The molecule has 192 valence electrons. The first-order valence-electron chi connectivity index (χ1n) is 13.0. The van der Waals surface area contributed by atoms with Gasteiger partial charge < -0.3 is 19.3 Å². The quantitative estimate of drug-likeness (QED) is 0.222. The lowest BCUT2D eigenvalue weighted by Gasteiger charge is -2.24. The van der Waals surface area contributed by atoms with E-state index in [1.54, 1.807) is 6.07 Å². The molecule has 0 amide bonds. The standard InChI is InChI=1S/C33H36O4/c1-24(35-28-13-7-4-8-14-28)21-27-19-20-33(34)32(23-26(3)37-30-17-11-6-12-18-30)31(27)22-25(2)36-29-15-9-5-10-16-29/h4-20,24-26,34H,21-23H2,1-3H3. The van der Waals surface area contributed by atoms with Crippen molar-refractivity contribution >= 4 is 0 Å². The van der Waals surface area contributed by atoms with E-state index in [1.807, 2.05) is 104 Å². The second-order valence-corrected chi connectivity index (χ2v) is 9.54. The zero-order chi connectivity index (χ0) is 26.0. The van der Waals surface area contributed by atoms with Gasteiger partial charge in [-0.15, -0.1) is 0 Å². The number of rotatable bonds is 12. The van der Waals surface area contributed by atoms with Crippen LogP contribution in [0.15, 0.2) is 103 Å². The van der Waals surface area contributed by atoms with Gasteiger partial charge in [0.2, 0.25) is 0 Å². The molecule has 4 heteroatoms. The molecular weight excluding hydrogens is 460 g/mol. The summed E-state index contributed by atoms with van der Waals surface area (Å²) < 4.78 is 18.6. The van der Waals surface area contributed by atoms with Crippen LogP contribution in [-0.2, 0) is 19.3 Å². The Morgan fingerprint density at radius 1 is 0.486 bits per heavy atom. The Balaban J connectivity index is 1.58. The number of phenols is 1. The van der Waals surface area contributed by atoms with Gasteiger partial charge in [-0.1, -0.05) is 60.7 Å². The van der Waals surface area contributed by atoms with Crippen LogP contribution in [0.25, 0.3) is 0 Å². The normalized spacial score (nSPS) is 13.4. The molecule has 0 aliphatic rings. The monoisotopic (exact) mass is 496 g/mol. The molecule has 4 rings (SSSR count). The van der Waals surface area contributed by atoms with Gasteiger partial charge in [0.1, 0.15) is 29.1 Å². The molecule has 0 radical (unpaired) electrons. The summed E-state index contributed by atoms with van der Waals surface area (Å²) in [5.41, 5.74) is 3.14.